The Balaban J connectivity index is 2.10. The topological polar surface area (TPSA) is 32.3 Å². The van der Waals surface area contributed by atoms with Gasteiger partial charge in [-0.1, -0.05) is 34.1 Å². The Morgan fingerprint density at radius 2 is 2.12 bits per heavy atom. The molecule has 0 radical (unpaired) electrons. The molecule has 0 spiro atoms. The smallest absolute Gasteiger partial charge is 0.241 e. The van der Waals surface area contributed by atoms with Gasteiger partial charge in [0.15, 0.2) is 0 Å². The molecule has 2 unspecified atom stereocenters. The normalized spacial score (nSPS) is 34.1. The first-order chi connectivity index (χ1) is 7.43. The van der Waals surface area contributed by atoms with Gasteiger partial charge in [0.1, 0.15) is 0 Å². The van der Waals surface area contributed by atoms with Gasteiger partial charge in [-0.3, -0.25) is 10.1 Å². The molecule has 0 aromatic carbocycles. The Labute approximate surface area is 98.6 Å². The van der Waals surface area contributed by atoms with E-state index in [0.717, 1.165) is 6.67 Å². The van der Waals surface area contributed by atoms with Crippen LogP contribution in [0.3, 0.4) is 0 Å². The third kappa shape index (κ3) is 1.86. The van der Waals surface area contributed by atoms with Gasteiger partial charge in [-0.2, -0.15) is 0 Å². The Morgan fingerprint density at radius 3 is 2.56 bits per heavy atom. The molecule has 1 saturated heterocycles. The first-order valence-corrected chi connectivity index (χ1v) is 6.47. The summed E-state index contributed by atoms with van der Waals surface area (Å²) in [5.41, 5.74) is 0.295. The van der Waals surface area contributed by atoms with Crippen LogP contribution in [0.25, 0.3) is 0 Å². The molecule has 1 heterocycles. The highest BCUT2D eigenvalue weighted by molar-refractivity contribution is 5.84. The third-order valence-electron chi connectivity index (χ3n) is 4.27. The molecule has 0 aromatic rings. The van der Waals surface area contributed by atoms with Gasteiger partial charge in [-0.15, -0.1) is 0 Å². The van der Waals surface area contributed by atoms with Gasteiger partial charge in [0.2, 0.25) is 5.91 Å². The van der Waals surface area contributed by atoms with Crippen molar-refractivity contribution >= 4 is 5.91 Å². The molecule has 3 heteroatoms. The number of amides is 1. The summed E-state index contributed by atoms with van der Waals surface area (Å²) < 4.78 is 0. The van der Waals surface area contributed by atoms with Crippen molar-refractivity contribution in [1.82, 2.24) is 10.2 Å². The van der Waals surface area contributed by atoms with Crippen molar-refractivity contribution in [2.75, 3.05) is 6.67 Å². The number of hydrogen-bond acceptors (Lipinski definition) is 2. The molecule has 0 bridgehead atoms. The van der Waals surface area contributed by atoms with Crippen molar-refractivity contribution in [3.8, 4) is 0 Å². The van der Waals surface area contributed by atoms with E-state index in [1.807, 2.05) is 0 Å². The Hall–Kier alpha value is -0.570. The molecular weight excluding hydrogens is 200 g/mol. The van der Waals surface area contributed by atoms with Gasteiger partial charge in [0.05, 0.1) is 12.7 Å². The fraction of sp³-hybridized carbons (Fsp3) is 0.923. The van der Waals surface area contributed by atoms with Crippen molar-refractivity contribution in [2.45, 2.75) is 59.0 Å². The third-order valence-corrected chi connectivity index (χ3v) is 4.27. The van der Waals surface area contributed by atoms with E-state index in [0.29, 0.717) is 23.3 Å². The van der Waals surface area contributed by atoms with Crippen LogP contribution in [0.2, 0.25) is 0 Å². The van der Waals surface area contributed by atoms with Gasteiger partial charge in [0, 0.05) is 6.04 Å². The molecule has 1 N–H and O–H groups in total. The molecule has 0 aromatic heterocycles. The van der Waals surface area contributed by atoms with E-state index < -0.39 is 0 Å². The lowest BCUT2D eigenvalue weighted by molar-refractivity contribution is -0.133. The van der Waals surface area contributed by atoms with Crippen molar-refractivity contribution in [1.29, 1.82) is 0 Å². The molecule has 2 aliphatic rings. The Kier molecular flexibility index (Phi) is 2.99. The summed E-state index contributed by atoms with van der Waals surface area (Å²) in [6.45, 7) is 9.55. The average Bonchev–Trinajstić information content (AvgIpc) is 2.68. The van der Waals surface area contributed by atoms with E-state index in [4.69, 9.17) is 0 Å². The molecule has 1 saturated carbocycles. The molecule has 3 nitrogen and oxygen atoms in total. The van der Waals surface area contributed by atoms with Crippen LogP contribution in [0.4, 0.5) is 0 Å². The van der Waals surface area contributed by atoms with Crippen molar-refractivity contribution < 1.29 is 4.79 Å². The zero-order valence-electron chi connectivity index (χ0n) is 10.9. The lowest BCUT2D eigenvalue weighted by Crippen LogP contribution is -2.44. The Bertz CT molecular complexity index is 286. The zero-order valence-corrected chi connectivity index (χ0v) is 10.9. The quantitative estimate of drug-likeness (QED) is 0.778. The van der Waals surface area contributed by atoms with Crippen LogP contribution in [0, 0.1) is 11.3 Å². The second kappa shape index (κ2) is 4.02. The van der Waals surface area contributed by atoms with Gasteiger partial charge in [-0.25, -0.2) is 0 Å². The second-order valence-electron chi connectivity index (χ2n) is 6.29. The molecule has 92 valence electrons. The summed E-state index contributed by atoms with van der Waals surface area (Å²) in [6, 6.07) is 0.479. The maximum absolute atomic E-state index is 12.3. The maximum Gasteiger partial charge on any atom is 0.241 e. The standard InChI is InChI=1S/C13H24N2O/c1-9(2)11-12(16)15(8-14-11)10-6-5-7-13(10,3)4/h9-11,14H,5-8H2,1-4H3. The van der Waals surface area contributed by atoms with E-state index in [1.54, 1.807) is 0 Å². The van der Waals surface area contributed by atoms with Crippen LogP contribution in [0.1, 0.15) is 47.0 Å². The maximum atomic E-state index is 12.3. The minimum Gasteiger partial charge on any atom is -0.325 e. The minimum atomic E-state index is 0.0383. The van der Waals surface area contributed by atoms with Gasteiger partial charge in [0.25, 0.3) is 0 Å². The fourth-order valence-electron chi connectivity index (χ4n) is 3.21. The lowest BCUT2D eigenvalue weighted by Gasteiger charge is -2.34. The van der Waals surface area contributed by atoms with E-state index >= 15 is 0 Å². The summed E-state index contributed by atoms with van der Waals surface area (Å²) in [7, 11) is 0. The lowest BCUT2D eigenvalue weighted by atomic mass is 9.86. The SMILES string of the molecule is CC(C)C1NCN(C2CCCC2(C)C)C1=O. The highest BCUT2D eigenvalue weighted by atomic mass is 16.2. The van der Waals surface area contributed by atoms with Crippen molar-refractivity contribution in [3.05, 3.63) is 0 Å². The van der Waals surface area contributed by atoms with Crippen molar-refractivity contribution in [3.63, 3.8) is 0 Å². The predicted molar refractivity (Wildman–Crippen MR) is 64.9 cm³/mol. The van der Waals surface area contributed by atoms with Gasteiger partial charge >= 0.3 is 0 Å². The Morgan fingerprint density at radius 1 is 1.44 bits per heavy atom. The van der Waals surface area contributed by atoms with Crippen LogP contribution in [0.5, 0.6) is 0 Å². The summed E-state index contributed by atoms with van der Waals surface area (Å²) in [5.74, 6) is 0.706. The molecule has 2 atom stereocenters. The van der Waals surface area contributed by atoms with E-state index in [-0.39, 0.29) is 6.04 Å². The van der Waals surface area contributed by atoms with Crippen LogP contribution in [-0.2, 0) is 4.79 Å². The van der Waals surface area contributed by atoms with Crippen LogP contribution in [-0.4, -0.2) is 29.6 Å². The van der Waals surface area contributed by atoms with E-state index in [9.17, 15) is 4.79 Å². The molecule has 1 aliphatic heterocycles. The monoisotopic (exact) mass is 224 g/mol. The molecule has 16 heavy (non-hydrogen) atoms. The first kappa shape index (κ1) is 11.9. The average molecular weight is 224 g/mol. The number of hydrogen-bond donors (Lipinski definition) is 1. The molecular formula is C13H24N2O. The van der Waals surface area contributed by atoms with Crippen LogP contribution < -0.4 is 5.32 Å². The van der Waals surface area contributed by atoms with E-state index in [1.165, 1.54) is 19.3 Å². The summed E-state index contributed by atoms with van der Waals surface area (Å²) in [6.07, 6.45) is 3.67. The summed E-state index contributed by atoms with van der Waals surface area (Å²) >= 11 is 0. The van der Waals surface area contributed by atoms with E-state index in [2.05, 4.69) is 37.9 Å². The second-order valence-corrected chi connectivity index (χ2v) is 6.29. The summed E-state index contributed by atoms with van der Waals surface area (Å²) in [4.78, 5) is 14.4. The fourth-order valence-corrected chi connectivity index (χ4v) is 3.21. The van der Waals surface area contributed by atoms with Gasteiger partial charge < -0.3 is 4.90 Å². The minimum absolute atomic E-state index is 0.0383. The predicted octanol–water partition coefficient (Wildman–Crippen LogP) is 1.98. The van der Waals surface area contributed by atoms with Crippen molar-refractivity contribution in [2.24, 2.45) is 11.3 Å². The molecule has 1 aliphatic carbocycles. The summed E-state index contributed by atoms with van der Waals surface area (Å²) in [5, 5.41) is 3.35. The number of carbonyl (C=O) groups is 1. The van der Waals surface area contributed by atoms with Crippen LogP contribution >= 0.6 is 0 Å². The van der Waals surface area contributed by atoms with Crippen LogP contribution in [0.15, 0.2) is 0 Å². The zero-order chi connectivity index (χ0) is 11.9. The largest absolute Gasteiger partial charge is 0.325 e. The first-order valence-electron chi connectivity index (χ1n) is 6.47. The van der Waals surface area contributed by atoms with Gasteiger partial charge in [-0.05, 0) is 24.2 Å². The molecule has 2 rings (SSSR count). The number of rotatable bonds is 2. The number of nitrogens with zero attached hydrogens (tertiary/aromatic N) is 1. The number of nitrogens with one attached hydrogen (secondary N) is 1. The molecule has 2 fully saturated rings. The highest BCUT2D eigenvalue weighted by Crippen LogP contribution is 2.41. The molecule has 1 amide bonds. The number of carbonyl (C=O) groups excluding carboxylic acids is 1. The highest BCUT2D eigenvalue weighted by Gasteiger charge is 2.44.